The molecule has 1 atom stereocenters. The summed E-state index contributed by atoms with van der Waals surface area (Å²) in [5.41, 5.74) is -1.40. The van der Waals surface area contributed by atoms with Crippen molar-refractivity contribution >= 4 is 28.6 Å². The van der Waals surface area contributed by atoms with Crippen molar-refractivity contribution in [2.24, 2.45) is 5.10 Å². The fourth-order valence-corrected chi connectivity index (χ4v) is 3.43. The van der Waals surface area contributed by atoms with Gasteiger partial charge in [0.2, 0.25) is 0 Å². The third-order valence-electron chi connectivity index (χ3n) is 4.16. The molecule has 2 aromatic rings. The summed E-state index contributed by atoms with van der Waals surface area (Å²) in [5, 5.41) is 6.47. The quantitative estimate of drug-likeness (QED) is 0.657. The van der Waals surface area contributed by atoms with E-state index in [1.165, 1.54) is 19.3 Å². The number of benzene rings is 1. The lowest BCUT2D eigenvalue weighted by atomic mass is 10.0. The molecular formula is C18H13F6N5O2S. The van der Waals surface area contributed by atoms with Crippen molar-refractivity contribution in [1.29, 1.82) is 0 Å². The minimum atomic E-state index is -5.08. The van der Waals surface area contributed by atoms with Crippen molar-refractivity contribution in [3.05, 3.63) is 58.7 Å². The lowest BCUT2D eigenvalue weighted by Gasteiger charge is -2.19. The summed E-state index contributed by atoms with van der Waals surface area (Å²) in [6.07, 6.45) is -7.54. The number of amides is 2. The Bertz CT molecular complexity index is 1050. The van der Waals surface area contributed by atoms with E-state index in [0.29, 0.717) is 12.1 Å². The fraction of sp³-hybridized carbons (Fsp3) is 0.278. The number of hydrogen-bond acceptors (Lipinski definition) is 6. The topological polar surface area (TPSA) is 96.3 Å². The van der Waals surface area contributed by atoms with Gasteiger partial charge in [-0.2, -0.15) is 31.4 Å². The van der Waals surface area contributed by atoms with Crippen molar-refractivity contribution in [2.75, 3.05) is 5.75 Å². The summed E-state index contributed by atoms with van der Waals surface area (Å²) >= 11 is 1.05. The average molecular weight is 477 g/mol. The van der Waals surface area contributed by atoms with E-state index in [2.05, 4.69) is 25.8 Å². The molecule has 0 radical (unpaired) electrons. The number of aromatic nitrogens is 2. The summed E-state index contributed by atoms with van der Waals surface area (Å²) in [4.78, 5) is 32.0. The van der Waals surface area contributed by atoms with Crippen molar-refractivity contribution in [1.82, 2.24) is 20.7 Å². The zero-order valence-corrected chi connectivity index (χ0v) is 16.8. The van der Waals surface area contributed by atoms with E-state index < -0.39 is 41.0 Å². The van der Waals surface area contributed by atoms with Gasteiger partial charge in [0, 0.05) is 18.0 Å². The summed E-state index contributed by atoms with van der Waals surface area (Å²) in [5.74, 6) is -1.45. The van der Waals surface area contributed by atoms with E-state index in [9.17, 15) is 35.9 Å². The second kappa shape index (κ2) is 8.76. The lowest BCUT2D eigenvalue weighted by Crippen LogP contribution is -2.31. The van der Waals surface area contributed by atoms with Crippen LogP contribution in [-0.4, -0.2) is 32.6 Å². The lowest BCUT2D eigenvalue weighted by molar-refractivity contribution is -0.143. The summed E-state index contributed by atoms with van der Waals surface area (Å²) in [7, 11) is 0. The summed E-state index contributed by atoms with van der Waals surface area (Å²) < 4.78 is 78.3. The Labute approximate surface area is 180 Å². The van der Waals surface area contributed by atoms with Crippen molar-refractivity contribution < 1.29 is 35.9 Å². The molecule has 0 aliphatic carbocycles. The van der Waals surface area contributed by atoms with Crippen molar-refractivity contribution in [3.8, 4) is 0 Å². The highest BCUT2D eigenvalue weighted by Crippen LogP contribution is 2.36. The first-order valence-corrected chi connectivity index (χ1v) is 9.76. The van der Waals surface area contributed by atoms with E-state index in [1.54, 1.807) is 0 Å². The second-order valence-corrected chi connectivity index (χ2v) is 7.48. The normalized spacial score (nSPS) is 15.6. The molecule has 1 aromatic heterocycles. The highest BCUT2D eigenvalue weighted by atomic mass is 32.2. The van der Waals surface area contributed by atoms with Crippen LogP contribution in [0.15, 0.2) is 35.7 Å². The van der Waals surface area contributed by atoms with Crippen LogP contribution < -0.4 is 10.7 Å². The predicted molar refractivity (Wildman–Crippen MR) is 101 cm³/mol. The highest BCUT2D eigenvalue weighted by molar-refractivity contribution is 8.15. The third kappa shape index (κ3) is 5.36. The van der Waals surface area contributed by atoms with Gasteiger partial charge in [0.05, 0.1) is 28.6 Å². The molecule has 3 rings (SSSR count). The number of rotatable bonds is 4. The van der Waals surface area contributed by atoms with E-state index in [0.717, 1.165) is 11.8 Å². The van der Waals surface area contributed by atoms with Gasteiger partial charge in [-0.25, -0.2) is 5.43 Å². The Morgan fingerprint density at radius 3 is 2.19 bits per heavy atom. The fourth-order valence-electron chi connectivity index (χ4n) is 2.70. The van der Waals surface area contributed by atoms with Crippen LogP contribution in [0.2, 0.25) is 0 Å². The second-order valence-electron chi connectivity index (χ2n) is 6.52. The molecule has 1 unspecified atom stereocenters. The van der Waals surface area contributed by atoms with E-state index in [1.807, 2.05) is 0 Å². The maximum atomic E-state index is 13.1. The highest BCUT2D eigenvalue weighted by Gasteiger charge is 2.37. The van der Waals surface area contributed by atoms with E-state index in [-0.39, 0.29) is 34.2 Å². The van der Waals surface area contributed by atoms with Crippen molar-refractivity contribution in [2.45, 2.75) is 25.3 Å². The number of carbonyl (C=O) groups excluding carboxylic acids is 2. The first kappa shape index (κ1) is 23.5. The smallest absolute Gasteiger partial charge is 0.344 e. The van der Waals surface area contributed by atoms with E-state index in [4.69, 9.17) is 0 Å². The van der Waals surface area contributed by atoms with Gasteiger partial charge in [-0.15, -0.1) is 0 Å². The summed E-state index contributed by atoms with van der Waals surface area (Å²) in [6, 6.07) is -0.346. The average Bonchev–Trinajstić information content (AvgIpc) is 2.72. The van der Waals surface area contributed by atoms with Crippen LogP contribution in [0.1, 0.15) is 45.8 Å². The van der Waals surface area contributed by atoms with Crippen LogP contribution in [0.4, 0.5) is 26.3 Å². The number of thioether (sulfide) groups is 1. The van der Waals surface area contributed by atoms with Crippen LogP contribution in [0.3, 0.4) is 0 Å². The van der Waals surface area contributed by atoms with Gasteiger partial charge in [-0.05, 0) is 25.1 Å². The number of nitrogens with one attached hydrogen (secondary N) is 2. The van der Waals surface area contributed by atoms with Crippen LogP contribution in [-0.2, 0) is 17.1 Å². The molecule has 7 nitrogen and oxygen atoms in total. The number of hydrazone groups is 1. The largest absolute Gasteiger partial charge is 0.416 e. The molecule has 1 aliphatic heterocycles. The van der Waals surface area contributed by atoms with Crippen LogP contribution in [0.5, 0.6) is 0 Å². The molecule has 2 heterocycles. The first-order valence-electron chi connectivity index (χ1n) is 8.77. The molecule has 2 N–H and O–H groups in total. The molecule has 0 spiro atoms. The predicted octanol–water partition coefficient (Wildman–Crippen LogP) is 3.53. The molecule has 1 aliphatic rings. The molecular weight excluding hydrogens is 464 g/mol. The van der Waals surface area contributed by atoms with Gasteiger partial charge in [0.15, 0.2) is 0 Å². The number of nitrogens with zero attached hydrogens (tertiary/aromatic N) is 3. The number of halogens is 6. The monoisotopic (exact) mass is 477 g/mol. The third-order valence-corrected chi connectivity index (χ3v) is 5.12. The van der Waals surface area contributed by atoms with Crippen LogP contribution >= 0.6 is 11.8 Å². The van der Waals surface area contributed by atoms with Gasteiger partial charge < -0.3 is 5.32 Å². The minimum absolute atomic E-state index is 0.0556. The molecule has 1 aromatic carbocycles. The molecule has 14 heteroatoms. The Hall–Kier alpha value is -3.16. The Morgan fingerprint density at radius 1 is 1.06 bits per heavy atom. The molecule has 32 heavy (non-hydrogen) atoms. The summed E-state index contributed by atoms with van der Waals surface area (Å²) in [6.45, 7) is 1.43. The van der Waals surface area contributed by atoms with Gasteiger partial charge in [-0.1, -0.05) is 11.8 Å². The first-order chi connectivity index (χ1) is 14.9. The Kier molecular flexibility index (Phi) is 6.44. The molecule has 0 bridgehead atoms. The number of hydrogen-bond donors (Lipinski definition) is 2. The standard InChI is InChI=1S/C18H13F6N5O2S/c1-8(13-14(26-3-2-25-13)16-29-28-12(30)7-32-16)27-15(31)9-4-10(17(19,20)21)6-11(5-9)18(22,23)24/h2-6,8H,7H2,1H3,(H,27,31)(H,28,30). The Morgan fingerprint density at radius 2 is 1.66 bits per heavy atom. The maximum absolute atomic E-state index is 13.1. The zero-order chi connectivity index (χ0) is 23.7. The minimum Gasteiger partial charge on any atom is -0.344 e. The van der Waals surface area contributed by atoms with Crippen LogP contribution in [0.25, 0.3) is 0 Å². The number of alkyl halides is 6. The van der Waals surface area contributed by atoms with Gasteiger partial charge in [0.25, 0.3) is 11.8 Å². The number of carbonyl (C=O) groups is 2. The maximum Gasteiger partial charge on any atom is 0.416 e. The van der Waals surface area contributed by atoms with E-state index >= 15 is 0 Å². The molecule has 2 amide bonds. The SMILES string of the molecule is CC(NC(=O)c1cc(C(F)(F)F)cc(C(F)(F)F)c1)c1nccnc1C1=NNC(=O)CS1. The molecule has 0 saturated heterocycles. The molecule has 0 saturated carbocycles. The van der Waals surface area contributed by atoms with Gasteiger partial charge in [-0.3, -0.25) is 19.6 Å². The van der Waals surface area contributed by atoms with Gasteiger partial charge in [0.1, 0.15) is 10.7 Å². The van der Waals surface area contributed by atoms with Gasteiger partial charge >= 0.3 is 12.4 Å². The molecule has 170 valence electrons. The zero-order valence-electron chi connectivity index (χ0n) is 16.0. The van der Waals surface area contributed by atoms with Crippen LogP contribution in [0, 0.1) is 0 Å². The Balaban J connectivity index is 1.91. The van der Waals surface area contributed by atoms with Crippen molar-refractivity contribution in [3.63, 3.8) is 0 Å². The molecule has 0 fully saturated rings.